The van der Waals surface area contributed by atoms with Crippen molar-refractivity contribution in [2.75, 3.05) is 13.2 Å². The second kappa shape index (κ2) is 6.08. The van der Waals surface area contributed by atoms with E-state index in [0.717, 1.165) is 16.3 Å². The van der Waals surface area contributed by atoms with Crippen LogP contribution in [0.1, 0.15) is 15.9 Å². The topological polar surface area (TPSA) is 38.8 Å². The van der Waals surface area contributed by atoms with Crippen molar-refractivity contribution in [1.82, 2.24) is 0 Å². The Kier molecular flexibility index (Phi) is 3.76. The molecule has 25 heavy (non-hydrogen) atoms. The van der Waals surface area contributed by atoms with Gasteiger partial charge in [-0.05, 0) is 22.9 Å². The average Bonchev–Trinajstić information content (AvgIpc) is 3.47. The number of terminal acetylenes is 1. The quantitative estimate of drug-likeness (QED) is 0.404. The first-order valence-electron chi connectivity index (χ1n) is 8.08. The summed E-state index contributed by atoms with van der Waals surface area (Å²) >= 11 is 0. The number of carbonyl (C=O) groups is 1. The molecule has 3 aromatic rings. The first kappa shape index (κ1) is 15.4. The molecule has 0 amide bonds. The molecule has 1 saturated heterocycles. The number of Topliss-reactive ketones (excluding diaryl/α,β-unsaturated/α-hetero) is 1. The first-order valence-corrected chi connectivity index (χ1v) is 8.08. The van der Waals surface area contributed by atoms with Crippen LogP contribution in [0.3, 0.4) is 0 Å². The van der Waals surface area contributed by atoms with Crippen LogP contribution in [-0.4, -0.2) is 19.0 Å². The van der Waals surface area contributed by atoms with Crippen LogP contribution in [0.2, 0.25) is 0 Å². The van der Waals surface area contributed by atoms with E-state index >= 15 is 0 Å². The van der Waals surface area contributed by atoms with Crippen molar-refractivity contribution in [3.63, 3.8) is 0 Å². The van der Waals surface area contributed by atoms with Gasteiger partial charge in [0.2, 0.25) is 5.78 Å². The minimum atomic E-state index is -0.979. The van der Waals surface area contributed by atoms with Gasteiger partial charge in [0.05, 0.1) is 6.61 Å². The molecular formula is C22H16O3. The maximum absolute atomic E-state index is 13.2. The normalized spacial score (nSPS) is 18.5. The highest BCUT2D eigenvalue weighted by atomic mass is 16.6. The molecule has 1 aliphatic heterocycles. The zero-order chi connectivity index (χ0) is 17.3. The van der Waals surface area contributed by atoms with E-state index in [9.17, 15) is 4.79 Å². The van der Waals surface area contributed by atoms with E-state index < -0.39 is 5.60 Å². The Hall–Kier alpha value is -3.09. The molecule has 0 N–H and O–H groups in total. The van der Waals surface area contributed by atoms with Gasteiger partial charge in [-0.2, -0.15) is 0 Å². The van der Waals surface area contributed by atoms with Crippen molar-refractivity contribution in [1.29, 1.82) is 0 Å². The van der Waals surface area contributed by atoms with Gasteiger partial charge in [-0.25, -0.2) is 0 Å². The molecule has 122 valence electrons. The Bertz CT molecular complexity index is 993. The molecule has 1 heterocycles. The lowest BCUT2D eigenvalue weighted by Gasteiger charge is -2.16. The highest BCUT2D eigenvalue weighted by Gasteiger charge is 2.55. The Morgan fingerprint density at radius 2 is 1.80 bits per heavy atom. The minimum Gasteiger partial charge on any atom is -0.481 e. The fourth-order valence-electron chi connectivity index (χ4n) is 3.09. The molecule has 0 aromatic heterocycles. The van der Waals surface area contributed by atoms with Gasteiger partial charge in [0.15, 0.2) is 5.60 Å². The molecule has 4 rings (SSSR count). The van der Waals surface area contributed by atoms with Crippen LogP contribution in [0, 0.1) is 12.3 Å². The van der Waals surface area contributed by atoms with Crippen molar-refractivity contribution < 1.29 is 14.3 Å². The number of carbonyl (C=O) groups excluding carboxylic acids is 1. The molecule has 0 spiro atoms. The Morgan fingerprint density at radius 1 is 1.08 bits per heavy atom. The van der Waals surface area contributed by atoms with Crippen LogP contribution in [0.25, 0.3) is 10.8 Å². The summed E-state index contributed by atoms with van der Waals surface area (Å²) < 4.78 is 11.3. The summed E-state index contributed by atoms with van der Waals surface area (Å²) in [7, 11) is 0. The van der Waals surface area contributed by atoms with E-state index in [1.165, 1.54) is 0 Å². The Balaban J connectivity index is 1.73. The zero-order valence-corrected chi connectivity index (χ0v) is 13.6. The molecule has 0 aliphatic carbocycles. The molecule has 3 heteroatoms. The van der Waals surface area contributed by atoms with Gasteiger partial charge in [0.25, 0.3) is 0 Å². The van der Waals surface area contributed by atoms with Gasteiger partial charge < -0.3 is 9.47 Å². The summed E-state index contributed by atoms with van der Waals surface area (Å²) in [5.74, 6) is 2.98. The van der Waals surface area contributed by atoms with Crippen molar-refractivity contribution in [2.24, 2.45) is 0 Å². The van der Waals surface area contributed by atoms with Crippen molar-refractivity contribution in [2.45, 2.75) is 5.60 Å². The van der Waals surface area contributed by atoms with E-state index in [-0.39, 0.29) is 12.4 Å². The second-order valence-corrected chi connectivity index (χ2v) is 6.00. The molecule has 1 unspecified atom stereocenters. The molecule has 1 fully saturated rings. The lowest BCUT2D eigenvalue weighted by molar-refractivity contribution is 0.0867. The number of benzene rings is 3. The summed E-state index contributed by atoms with van der Waals surface area (Å²) in [5, 5.41) is 2.13. The molecule has 0 saturated carbocycles. The van der Waals surface area contributed by atoms with Crippen LogP contribution >= 0.6 is 0 Å². The van der Waals surface area contributed by atoms with E-state index in [2.05, 4.69) is 5.92 Å². The summed E-state index contributed by atoms with van der Waals surface area (Å²) in [6.07, 6.45) is 5.28. The number of epoxide rings is 1. The highest BCUT2D eigenvalue weighted by molar-refractivity contribution is 6.07. The number of fused-ring (bicyclic) bond motifs is 1. The standard InChI is InChI=1S/C22H16O3/c1-2-13-24-20-10-6-5-9-19(20)22(15-25-22)21(23)18-12-11-16-7-3-4-8-17(16)14-18/h1,3-12,14H,13,15H2. The third kappa shape index (κ3) is 2.67. The highest BCUT2D eigenvalue weighted by Crippen LogP contribution is 2.45. The number of rotatable bonds is 5. The number of ether oxygens (including phenoxy) is 2. The number of hydrogen-bond donors (Lipinski definition) is 0. The Labute approximate surface area is 146 Å². The van der Waals surface area contributed by atoms with Crippen LogP contribution in [0.5, 0.6) is 5.75 Å². The summed E-state index contributed by atoms with van der Waals surface area (Å²) in [6, 6.07) is 21.1. The summed E-state index contributed by atoms with van der Waals surface area (Å²) in [6.45, 7) is 0.492. The van der Waals surface area contributed by atoms with E-state index in [4.69, 9.17) is 15.9 Å². The SMILES string of the molecule is C#CCOc1ccccc1C1(C(=O)c2ccc3ccccc3c2)CO1. The fraction of sp³-hybridized carbons (Fsp3) is 0.136. The predicted molar refractivity (Wildman–Crippen MR) is 96.7 cm³/mol. The molecule has 1 atom stereocenters. The van der Waals surface area contributed by atoms with Gasteiger partial charge in [-0.3, -0.25) is 4.79 Å². The van der Waals surface area contributed by atoms with Crippen LogP contribution in [0.15, 0.2) is 66.7 Å². The third-order valence-corrected chi connectivity index (χ3v) is 4.44. The fourth-order valence-corrected chi connectivity index (χ4v) is 3.09. The molecule has 3 aromatic carbocycles. The van der Waals surface area contributed by atoms with Crippen LogP contribution in [-0.2, 0) is 10.3 Å². The second-order valence-electron chi connectivity index (χ2n) is 6.00. The first-order chi connectivity index (χ1) is 12.2. The van der Waals surface area contributed by atoms with Gasteiger partial charge in [0.1, 0.15) is 12.4 Å². The van der Waals surface area contributed by atoms with Crippen LogP contribution in [0.4, 0.5) is 0 Å². The zero-order valence-electron chi connectivity index (χ0n) is 13.6. The average molecular weight is 328 g/mol. The monoisotopic (exact) mass is 328 g/mol. The molecule has 0 bridgehead atoms. The lowest BCUT2D eigenvalue weighted by atomic mass is 9.89. The number of para-hydroxylation sites is 1. The third-order valence-electron chi connectivity index (χ3n) is 4.44. The lowest BCUT2D eigenvalue weighted by Crippen LogP contribution is -2.23. The van der Waals surface area contributed by atoms with Gasteiger partial charge in [-0.1, -0.05) is 60.5 Å². The Morgan fingerprint density at radius 3 is 2.56 bits per heavy atom. The summed E-state index contributed by atoms with van der Waals surface area (Å²) in [5.41, 5.74) is 0.375. The van der Waals surface area contributed by atoms with E-state index in [1.807, 2.05) is 66.7 Å². The smallest absolute Gasteiger partial charge is 0.201 e. The predicted octanol–water partition coefficient (Wildman–Crippen LogP) is 3.96. The van der Waals surface area contributed by atoms with Gasteiger partial charge in [-0.15, -0.1) is 6.42 Å². The van der Waals surface area contributed by atoms with E-state index in [1.54, 1.807) is 0 Å². The number of ketones is 1. The minimum absolute atomic E-state index is 0.0602. The molecule has 1 aliphatic rings. The largest absolute Gasteiger partial charge is 0.481 e. The van der Waals surface area contributed by atoms with Crippen molar-refractivity contribution >= 4 is 16.6 Å². The van der Waals surface area contributed by atoms with Crippen molar-refractivity contribution in [3.8, 4) is 18.1 Å². The van der Waals surface area contributed by atoms with Gasteiger partial charge >= 0.3 is 0 Å². The maximum Gasteiger partial charge on any atom is 0.201 e. The molecule has 0 radical (unpaired) electrons. The maximum atomic E-state index is 13.2. The molecular weight excluding hydrogens is 312 g/mol. The summed E-state index contributed by atoms with van der Waals surface area (Å²) in [4.78, 5) is 13.2. The van der Waals surface area contributed by atoms with E-state index in [0.29, 0.717) is 17.9 Å². The van der Waals surface area contributed by atoms with Crippen molar-refractivity contribution in [3.05, 3.63) is 77.9 Å². The van der Waals surface area contributed by atoms with Gasteiger partial charge in [0, 0.05) is 11.1 Å². The molecule has 3 nitrogen and oxygen atoms in total. The number of hydrogen-bond acceptors (Lipinski definition) is 3. The van der Waals surface area contributed by atoms with Crippen LogP contribution < -0.4 is 4.74 Å².